The predicted octanol–water partition coefficient (Wildman–Crippen LogP) is 2.57. The molecule has 112 valence electrons. The highest BCUT2D eigenvalue weighted by molar-refractivity contribution is 6.39. The van der Waals surface area contributed by atoms with Crippen LogP contribution in [0.4, 0.5) is 10.1 Å². The van der Waals surface area contributed by atoms with Crippen molar-refractivity contribution in [3.63, 3.8) is 0 Å². The summed E-state index contributed by atoms with van der Waals surface area (Å²) >= 11 is 5.71. The fraction of sp³-hybridized carbons (Fsp3) is 0. The van der Waals surface area contributed by atoms with Gasteiger partial charge in [0.25, 0.3) is 0 Å². The number of nitrogens with one attached hydrogen (secondary N) is 2. The molecule has 0 saturated heterocycles. The molecule has 22 heavy (non-hydrogen) atoms. The highest BCUT2D eigenvalue weighted by atomic mass is 35.5. The number of nitrogens with zero attached hydrogens (tertiary/aromatic N) is 1. The number of hydrazone groups is 1. The number of anilines is 1. The van der Waals surface area contributed by atoms with Crippen molar-refractivity contribution in [2.45, 2.75) is 0 Å². The molecule has 0 fully saturated rings. The van der Waals surface area contributed by atoms with Gasteiger partial charge in [0.15, 0.2) is 0 Å². The molecule has 0 saturated carbocycles. The highest BCUT2D eigenvalue weighted by Gasteiger charge is 2.12. The lowest BCUT2D eigenvalue weighted by molar-refractivity contribution is -0.136. The topological polar surface area (TPSA) is 70.6 Å². The number of rotatable bonds is 3. The lowest BCUT2D eigenvalue weighted by Gasteiger charge is -2.03. The van der Waals surface area contributed by atoms with E-state index in [0.29, 0.717) is 16.3 Å². The van der Waals surface area contributed by atoms with Crippen LogP contribution >= 0.6 is 11.6 Å². The van der Waals surface area contributed by atoms with Crippen molar-refractivity contribution < 1.29 is 14.0 Å². The molecular formula is C15H11ClFN3O2. The van der Waals surface area contributed by atoms with Gasteiger partial charge in [0.2, 0.25) is 0 Å². The van der Waals surface area contributed by atoms with E-state index < -0.39 is 11.8 Å². The van der Waals surface area contributed by atoms with E-state index in [0.717, 1.165) is 0 Å². The zero-order valence-electron chi connectivity index (χ0n) is 11.2. The highest BCUT2D eigenvalue weighted by Crippen LogP contribution is 2.13. The quantitative estimate of drug-likeness (QED) is 0.518. The average molecular weight is 320 g/mol. The van der Waals surface area contributed by atoms with Crippen LogP contribution in [-0.4, -0.2) is 18.0 Å². The molecule has 2 aromatic carbocycles. The molecule has 2 amide bonds. The molecule has 0 aliphatic heterocycles. The maximum absolute atomic E-state index is 12.7. The third-order valence-corrected chi connectivity index (χ3v) is 2.81. The Labute approximate surface area is 130 Å². The van der Waals surface area contributed by atoms with E-state index >= 15 is 0 Å². The van der Waals surface area contributed by atoms with Crippen LogP contribution in [0.25, 0.3) is 0 Å². The number of benzene rings is 2. The van der Waals surface area contributed by atoms with Gasteiger partial charge < -0.3 is 5.32 Å². The standard InChI is InChI=1S/C15H11ClFN3O2/c16-11-3-7-13(8-4-11)19-14(21)15(22)20-18-9-10-1-5-12(17)6-2-10/h1-9H,(H,19,21)(H,20,22)/b18-9-. The lowest BCUT2D eigenvalue weighted by Crippen LogP contribution is -2.32. The first-order valence-corrected chi connectivity index (χ1v) is 6.58. The van der Waals surface area contributed by atoms with Gasteiger partial charge in [-0.3, -0.25) is 9.59 Å². The van der Waals surface area contributed by atoms with E-state index in [2.05, 4.69) is 15.8 Å². The number of amides is 2. The zero-order valence-corrected chi connectivity index (χ0v) is 12.0. The number of carbonyl (C=O) groups is 2. The molecule has 2 aromatic rings. The number of halogens is 2. The van der Waals surface area contributed by atoms with Gasteiger partial charge >= 0.3 is 11.8 Å². The van der Waals surface area contributed by atoms with Crippen LogP contribution in [0.5, 0.6) is 0 Å². The van der Waals surface area contributed by atoms with Gasteiger partial charge in [-0.2, -0.15) is 5.10 Å². The van der Waals surface area contributed by atoms with Gasteiger partial charge in [0.05, 0.1) is 6.21 Å². The van der Waals surface area contributed by atoms with Crippen LogP contribution in [0.2, 0.25) is 5.02 Å². The minimum atomic E-state index is -0.923. The van der Waals surface area contributed by atoms with Crippen molar-refractivity contribution in [2.75, 3.05) is 5.32 Å². The SMILES string of the molecule is O=C(N/N=C\c1ccc(F)cc1)C(=O)Nc1ccc(Cl)cc1. The normalized spacial score (nSPS) is 10.5. The largest absolute Gasteiger partial charge is 0.329 e. The molecule has 0 bridgehead atoms. The summed E-state index contributed by atoms with van der Waals surface area (Å²) in [6, 6.07) is 11.8. The molecule has 0 spiro atoms. The third-order valence-electron chi connectivity index (χ3n) is 2.56. The van der Waals surface area contributed by atoms with Crippen molar-refractivity contribution in [1.82, 2.24) is 5.43 Å². The van der Waals surface area contributed by atoms with Crippen LogP contribution in [0.15, 0.2) is 53.6 Å². The van der Waals surface area contributed by atoms with Gasteiger partial charge in [-0.15, -0.1) is 0 Å². The van der Waals surface area contributed by atoms with E-state index in [1.54, 1.807) is 24.3 Å². The van der Waals surface area contributed by atoms with E-state index in [4.69, 9.17) is 11.6 Å². The molecule has 2 N–H and O–H groups in total. The van der Waals surface area contributed by atoms with Crippen LogP contribution in [0.3, 0.4) is 0 Å². The summed E-state index contributed by atoms with van der Waals surface area (Å²) in [5.74, 6) is -2.16. The third kappa shape index (κ3) is 4.68. The Morgan fingerprint density at radius 2 is 1.64 bits per heavy atom. The maximum atomic E-state index is 12.7. The molecule has 0 radical (unpaired) electrons. The molecule has 0 atom stereocenters. The fourth-order valence-electron chi connectivity index (χ4n) is 1.49. The van der Waals surface area contributed by atoms with Crippen molar-refractivity contribution in [3.05, 3.63) is 64.9 Å². The Kier molecular flexibility index (Phi) is 5.21. The monoisotopic (exact) mass is 319 g/mol. The molecule has 7 heteroatoms. The van der Waals surface area contributed by atoms with Gasteiger partial charge in [0, 0.05) is 10.7 Å². The lowest BCUT2D eigenvalue weighted by atomic mass is 10.2. The van der Waals surface area contributed by atoms with E-state index in [1.165, 1.54) is 30.5 Å². The van der Waals surface area contributed by atoms with E-state index in [9.17, 15) is 14.0 Å². The molecule has 0 unspecified atom stereocenters. The Morgan fingerprint density at radius 3 is 2.27 bits per heavy atom. The van der Waals surface area contributed by atoms with Crippen LogP contribution in [0, 0.1) is 5.82 Å². The number of carbonyl (C=O) groups excluding carboxylic acids is 2. The van der Waals surface area contributed by atoms with Crippen LogP contribution in [-0.2, 0) is 9.59 Å². The summed E-state index contributed by atoms with van der Waals surface area (Å²) in [4.78, 5) is 23.1. The van der Waals surface area contributed by atoms with Crippen molar-refractivity contribution in [2.24, 2.45) is 5.10 Å². The van der Waals surface area contributed by atoms with Crippen molar-refractivity contribution in [1.29, 1.82) is 0 Å². The molecule has 5 nitrogen and oxygen atoms in total. The van der Waals surface area contributed by atoms with Crippen molar-refractivity contribution in [3.8, 4) is 0 Å². The summed E-state index contributed by atoms with van der Waals surface area (Å²) < 4.78 is 12.7. The summed E-state index contributed by atoms with van der Waals surface area (Å²) in [6.45, 7) is 0. The minimum absolute atomic E-state index is 0.372. The summed E-state index contributed by atoms with van der Waals surface area (Å²) in [5.41, 5.74) is 3.10. The van der Waals surface area contributed by atoms with Crippen LogP contribution < -0.4 is 10.7 Å². The number of hydrogen-bond acceptors (Lipinski definition) is 3. The van der Waals surface area contributed by atoms with Gasteiger partial charge in [-0.1, -0.05) is 23.7 Å². The molecule has 0 aromatic heterocycles. The number of hydrogen-bond donors (Lipinski definition) is 2. The Hall–Kier alpha value is -2.73. The van der Waals surface area contributed by atoms with Gasteiger partial charge in [-0.05, 0) is 42.0 Å². The van der Waals surface area contributed by atoms with E-state index in [1.807, 2.05) is 0 Å². The first kappa shape index (κ1) is 15.7. The minimum Gasteiger partial charge on any atom is -0.318 e. The second-order valence-corrected chi connectivity index (χ2v) is 4.65. The summed E-state index contributed by atoms with van der Waals surface area (Å²) in [5, 5.41) is 6.53. The average Bonchev–Trinajstić information content (AvgIpc) is 2.51. The maximum Gasteiger partial charge on any atom is 0.329 e. The van der Waals surface area contributed by atoms with Crippen LogP contribution in [0.1, 0.15) is 5.56 Å². The zero-order chi connectivity index (χ0) is 15.9. The predicted molar refractivity (Wildman–Crippen MR) is 82.2 cm³/mol. The Bertz CT molecular complexity index is 700. The summed E-state index contributed by atoms with van der Waals surface area (Å²) in [6.07, 6.45) is 1.30. The fourth-order valence-corrected chi connectivity index (χ4v) is 1.61. The van der Waals surface area contributed by atoms with Crippen molar-refractivity contribution >= 4 is 35.3 Å². The molecule has 2 rings (SSSR count). The molecule has 0 aliphatic rings. The Balaban J connectivity index is 1.87. The summed E-state index contributed by atoms with van der Waals surface area (Å²) in [7, 11) is 0. The molecular weight excluding hydrogens is 309 g/mol. The van der Waals surface area contributed by atoms with Gasteiger partial charge in [0.1, 0.15) is 5.82 Å². The van der Waals surface area contributed by atoms with E-state index in [-0.39, 0.29) is 5.82 Å². The second kappa shape index (κ2) is 7.33. The first-order chi connectivity index (χ1) is 10.5. The smallest absolute Gasteiger partial charge is 0.318 e. The first-order valence-electron chi connectivity index (χ1n) is 6.20. The molecule has 0 heterocycles. The second-order valence-electron chi connectivity index (χ2n) is 4.21. The molecule has 0 aliphatic carbocycles. The van der Waals surface area contributed by atoms with Gasteiger partial charge in [-0.25, -0.2) is 9.82 Å². The Morgan fingerprint density at radius 1 is 1.00 bits per heavy atom.